The van der Waals surface area contributed by atoms with Crippen molar-refractivity contribution in [1.29, 1.82) is 5.41 Å². The van der Waals surface area contributed by atoms with Crippen molar-refractivity contribution in [2.45, 2.75) is 6.42 Å². The van der Waals surface area contributed by atoms with E-state index in [4.69, 9.17) is 15.9 Å². The van der Waals surface area contributed by atoms with Crippen LogP contribution in [0.4, 0.5) is 11.4 Å². The van der Waals surface area contributed by atoms with Gasteiger partial charge in [0.05, 0.1) is 0 Å². The molecule has 5 heteroatoms. The quantitative estimate of drug-likeness (QED) is 0.573. The van der Waals surface area contributed by atoms with E-state index >= 15 is 0 Å². The Morgan fingerprint density at radius 1 is 1.25 bits per heavy atom. The lowest BCUT2D eigenvalue weighted by Crippen LogP contribution is -1.89. The summed E-state index contributed by atoms with van der Waals surface area (Å²) in [4.78, 5) is 4.24. The summed E-state index contributed by atoms with van der Waals surface area (Å²) >= 11 is 0. The van der Waals surface area contributed by atoms with Gasteiger partial charge >= 0.3 is 0 Å². The molecule has 20 heavy (non-hydrogen) atoms. The topological polar surface area (TPSA) is 91.7 Å². The number of phenolic OH excluding ortho intramolecular Hbond substituents is 1. The van der Waals surface area contributed by atoms with Crippen molar-refractivity contribution in [1.82, 2.24) is 0 Å². The minimum atomic E-state index is 0.125. The van der Waals surface area contributed by atoms with E-state index in [0.717, 1.165) is 0 Å². The molecule has 0 saturated heterocycles. The molecule has 2 rings (SSSR count). The molecule has 5 nitrogen and oxygen atoms in total. The Kier molecular flexibility index (Phi) is 4.34. The van der Waals surface area contributed by atoms with Crippen LogP contribution in [0.15, 0.2) is 47.5 Å². The standard InChI is InChI=1S/C15H15N3O2/c16-7-2-8-18-14-6-5-11(17)9-15(14)20-13-4-1-3-12(19)10-13/h1,3-10,16,19H,2,17H2. The number of aliphatic imine (C=N–C) groups is 1. The molecule has 0 spiro atoms. The molecule has 2 aromatic carbocycles. The lowest BCUT2D eigenvalue weighted by molar-refractivity contribution is 0.456. The van der Waals surface area contributed by atoms with E-state index in [2.05, 4.69) is 4.99 Å². The summed E-state index contributed by atoms with van der Waals surface area (Å²) in [7, 11) is 0. The number of nitrogens with one attached hydrogen (secondary N) is 1. The van der Waals surface area contributed by atoms with Crippen LogP contribution >= 0.6 is 0 Å². The van der Waals surface area contributed by atoms with Crippen LogP contribution in [0.1, 0.15) is 6.42 Å². The number of benzene rings is 2. The smallest absolute Gasteiger partial charge is 0.155 e. The maximum Gasteiger partial charge on any atom is 0.155 e. The van der Waals surface area contributed by atoms with E-state index in [0.29, 0.717) is 29.3 Å². The summed E-state index contributed by atoms with van der Waals surface area (Å²) in [5, 5.41) is 16.4. The normalized spacial score (nSPS) is 10.6. The molecule has 0 atom stereocenters. The van der Waals surface area contributed by atoms with Gasteiger partial charge < -0.3 is 21.0 Å². The van der Waals surface area contributed by atoms with Crippen molar-refractivity contribution in [2.24, 2.45) is 4.99 Å². The molecule has 0 radical (unpaired) electrons. The van der Waals surface area contributed by atoms with Crippen molar-refractivity contribution in [2.75, 3.05) is 5.73 Å². The Balaban J connectivity index is 2.29. The maximum absolute atomic E-state index is 9.43. The molecule has 0 bridgehead atoms. The molecule has 0 fully saturated rings. The van der Waals surface area contributed by atoms with E-state index in [1.165, 1.54) is 12.3 Å². The summed E-state index contributed by atoms with van der Waals surface area (Å²) in [6.07, 6.45) is 3.33. The number of hydrogen-bond donors (Lipinski definition) is 3. The predicted octanol–water partition coefficient (Wildman–Crippen LogP) is 3.51. The Bertz CT molecular complexity index is 639. The number of hydrogen-bond acceptors (Lipinski definition) is 5. The number of anilines is 1. The molecule has 4 N–H and O–H groups in total. The fraction of sp³-hybridized carbons (Fsp3) is 0.0667. The summed E-state index contributed by atoms with van der Waals surface area (Å²) in [6.45, 7) is 0. The lowest BCUT2D eigenvalue weighted by Gasteiger charge is -2.09. The fourth-order valence-corrected chi connectivity index (χ4v) is 1.60. The summed E-state index contributed by atoms with van der Waals surface area (Å²) in [6, 6.07) is 11.6. The first-order chi connectivity index (χ1) is 9.69. The predicted molar refractivity (Wildman–Crippen MR) is 80.6 cm³/mol. The van der Waals surface area contributed by atoms with E-state index in [1.54, 1.807) is 42.6 Å². The van der Waals surface area contributed by atoms with Crippen LogP contribution in [-0.4, -0.2) is 17.5 Å². The Morgan fingerprint density at radius 2 is 2.10 bits per heavy atom. The third-order valence-corrected chi connectivity index (χ3v) is 2.48. The highest BCUT2D eigenvalue weighted by Crippen LogP contribution is 2.34. The molecule has 2 aromatic rings. The van der Waals surface area contributed by atoms with Gasteiger partial charge in [0.1, 0.15) is 17.2 Å². The van der Waals surface area contributed by atoms with Gasteiger partial charge in [-0.15, -0.1) is 0 Å². The van der Waals surface area contributed by atoms with E-state index in [1.807, 2.05) is 0 Å². The lowest BCUT2D eigenvalue weighted by atomic mass is 10.2. The fourth-order valence-electron chi connectivity index (χ4n) is 1.60. The summed E-state index contributed by atoms with van der Waals surface area (Å²) < 4.78 is 5.69. The average molecular weight is 269 g/mol. The average Bonchev–Trinajstić information content (AvgIpc) is 2.41. The second-order valence-electron chi connectivity index (χ2n) is 4.08. The molecule has 0 aliphatic heterocycles. The van der Waals surface area contributed by atoms with Gasteiger partial charge in [-0.3, -0.25) is 4.99 Å². The monoisotopic (exact) mass is 269 g/mol. The minimum Gasteiger partial charge on any atom is -0.508 e. The van der Waals surface area contributed by atoms with Crippen LogP contribution in [0.3, 0.4) is 0 Å². The second kappa shape index (κ2) is 6.38. The van der Waals surface area contributed by atoms with Crippen molar-refractivity contribution < 1.29 is 9.84 Å². The Morgan fingerprint density at radius 3 is 2.85 bits per heavy atom. The summed E-state index contributed by atoms with van der Waals surface area (Å²) in [5.41, 5.74) is 6.92. The molecular weight excluding hydrogens is 254 g/mol. The SMILES string of the molecule is N=CCC=Nc1ccc(N)cc1Oc1cccc(O)c1. The molecule has 0 aliphatic rings. The van der Waals surface area contributed by atoms with Gasteiger partial charge in [-0.25, -0.2) is 0 Å². The highest BCUT2D eigenvalue weighted by molar-refractivity contribution is 5.80. The number of rotatable bonds is 5. The molecular formula is C15H15N3O2. The number of ether oxygens (including phenoxy) is 1. The number of nitrogens with zero attached hydrogens (tertiary/aromatic N) is 1. The third kappa shape index (κ3) is 3.58. The molecule has 0 aromatic heterocycles. The largest absolute Gasteiger partial charge is 0.508 e. The van der Waals surface area contributed by atoms with Crippen molar-refractivity contribution in [3.05, 3.63) is 42.5 Å². The van der Waals surface area contributed by atoms with Gasteiger partial charge in [-0.05, 0) is 24.3 Å². The maximum atomic E-state index is 9.43. The van der Waals surface area contributed by atoms with Crippen LogP contribution in [-0.2, 0) is 0 Å². The van der Waals surface area contributed by atoms with Crippen LogP contribution < -0.4 is 10.5 Å². The number of nitrogen functional groups attached to an aromatic ring is 1. The molecule has 0 amide bonds. The van der Waals surface area contributed by atoms with Gasteiger partial charge in [0.25, 0.3) is 0 Å². The molecule has 0 heterocycles. The van der Waals surface area contributed by atoms with E-state index in [9.17, 15) is 5.11 Å². The first-order valence-corrected chi connectivity index (χ1v) is 6.07. The Hall–Kier alpha value is -2.82. The first-order valence-electron chi connectivity index (χ1n) is 6.07. The third-order valence-electron chi connectivity index (χ3n) is 2.48. The zero-order valence-corrected chi connectivity index (χ0v) is 10.8. The highest BCUT2D eigenvalue weighted by Gasteiger charge is 2.05. The molecule has 102 valence electrons. The second-order valence-corrected chi connectivity index (χ2v) is 4.08. The molecule has 0 unspecified atom stereocenters. The van der Waals surface area contributed by atoms with Gasteiger partial charge in [0.15, 0.2) is 5.75 Å². The number of aromatic hydroxyl groups is 1. The molecule has 0 saturated carbocycles. The van der Waals surface area contributed by atoms with Crippen LogP contribution in [0.5, 0.6) is 17.2 Å². The van der Waals surface area contributed by atoms with Crippen LogP contribution in [0.2, 0.25) is 0 Å². The van der Waals surface area contributed by atoms with Crippen molar-refractivity contribution in [3.63, 3.8) is 0 Å². The molecule has 0 aliphatic carbocycles. The van der Waals surface area contributed by atoms with Crippen LogP contribution in [0.25, 0.3) is 0 Å². The highest BCUT2D eigenvalue weighted by atomic mass is 16.5. The van der Waals surface area contributed by atoms with Gasteiger partial charge in [-0.1, -0.05) is 6.07 Å². The van der Waals surface area contributed by atoms with Crippen molar-refractivity contribution in [3.8, 4) is 17.2 Å². The van der Waals surface area contributed by atoms with E-state index in [-0.39, 0.29) is 5.75 Å². The van der Waals surface area contributed by atoms with Gasteiger partial charge in [0, 0.05) is 36.7 Å². The van der Waals surface area contributed by atoms with E-state index < -0.39 is 0 Å². The first kappa shape index (κ1) is 13.6. The van der Waals surface area contributed by atoms with Crippen LogP contribution in [0, 0.1) is 5.41 Å². The zero-order chi connectivity index (χ0) is 14.4. The summed E-state index contributed by atoms with van der Waals surface area (Å²) in [5.74, 6) is 1.12. The van der Waals surface area contributed by atoms with Crippen molar-refractivity contribution >= 4 is 23.8 Å². The minimum absolute atomic E-state index is 0.125. The van der Waals surface area contributed by atoms with Gasteiger partial charge in [0.2, 0.25) is 0 Å². The Labute approximate surface area is 116 Å². The zero-order valence-electron chi connectivity index (χ0n) is 10.8. The van der Waals surface area contributed by atoms with Gasteiger partial charge in [-0.2, -0.15) is 0 Å². The number of nitrogens with two attached hydrogens (primary N) is 1. The number of phenols is 1.